The minimum absolute atomic E-state index is 0.104. The van der Waals surface area contributed by atoms with E-state index in [1.54, 1.807) is 7.11 Å². The number of methoxy groups -OCH3 is 1. The fourth-order valence-electron chi connectivity index (χ4n) is 1.32. The van der Waals surface area contributed by atoms with Gasteiger partial charge >= 0.3 is 0 Å². The van der Waals surface area contributed by atoms with E-state index < -0.39 is 11.6 Å². The van der Waals surface area contributed by atoms with E-state index in [0.29, 0.717) is 26.4 Å². The van der Waals surface area contributed by atoms with Gasteiger partial charge in [0.1, 0.15) is 17.3 Å². The first-order valence-corrected chi connectivity index (χ1v) is 5.50. The Balaban J connectivity index is 2.18. The Morgan fingerprint density at radius 2 is 1.82 bits per heavy atom. The van der Waals surface area contributed by atoms with Gasteiger partial charge in [0.05, 0.1) is 6.61 Å². The van der Waals surface area contributed by atoms with E-state index in [2.05, 4.69) is 5.32 Å². The molecule has 0 unspecified atom stereocenters. The Kier molecular flexibility index (Phi) is 6.50. The van der Waals surface area contributed by atoms with E-state index in [0.717, 1.165) is 6.42 Å². The van der Waals surface area contributed by atoms with Gasteiger partial charge in [-0.3, -0.25) is 0 Å². The molecule has 0 aliphatic heterocycles. The average Bonchev–Trinajstić information content (AvgIpc) is 2.31. The van der Waals surface area contributed by atoms with Crippen molar-refractivity contribution in [3.8, 4) is 0 Å². The number of anilines is 1. The van der Waals surface area contributed by atoms with Crippen LogP contribution in [0.25, 0.3) is 0 Å². The summed E-state index contributed by atoms with van der Waals surface area (Å²) in [6, 6.07) is 3.76. The summed E-state index contributed by atoms with van der Waals surface area (Å²) in [5.41, 5.74) is -0.104. The molecule has 0 heterocycles. The van der Waals surface area contributed by atoms with Crippen molar-refractivity contribution in [1.82, 2.24) is 0 Å². The minimum atomic E-state index is -0.593. The largest absolute Gasteiger partial charge is 0.385 e. The number of hydrogen-bond donors (Lipinski definition) is 1. The molecule has 0 radical (unpaired) electrons. The first-order chi connectivity index (χ1) is 8.25. The summed E-state index contributed by atoms with van der Waals surface area (Å²) in [4.78, 5) is 0. The highest BCUT2D eigenvalue weighted by molar-refractivity contribution is 5.45. The average molecular weight is 245 g/mol. The quantitative estimate of drug-likeness (QED) is 0.713. The molecule has 0 aliphatic rings. The molecular formula is C12H17F2NO2. The van der Waals surface area contributed by atoms with Gasteiger partial charge in [0, 0.05) is 26.9 Å². The van der Waals surface area contributed by atoms with Crippen LogP contribution in [0.4, 0.5) is 14.5 Å². The van der Waals surface area contributed by atoms with E-state index in [1.165, 1.54) is 18.2 Å². The Morgan fingerprint density at radius 1 is 1.12 bits per heavy atom. The van der Waals surface area contributed by atoms with Gasteiger partial charge in [0.15, 0.2) is 0 Å². The number of para-hydroxylation sites is 1. The van der Waals surface area contributed by atoms with E-state index in [9.17, 15) is 8.78 Å². The molecule has 0 spiro atoms. The van der Waals surface area contributed by atoms with Crippen molar-refractivity contribution < 1.29 is 18.3 Å². The number of nitrogens with one attached hydrogen (secondary N) is 1. The fourth-order valence-corrected chi connectivity index (χ4v) is 1.32. The van der Waals surface area contributed by atoms with Crippen molar-refractivity contribution in [3.05, 3.63) is 29.8 Å². The molecule has 96 valence electrons. The molecule has 0 aliphatic carbocycles. The fraction of sp³-hybridized carbons (Fsp3) is 0.500. The van der Waals surface area contributed by atoms with Crippen LogP contribution in [0.15, 0.2) is 18.2 Å². The Labute approximate surface area is 99.7 Å². The van der Waals surface area contributed by atoms with Crippen LogP contribution in [0.3, 0.4) is 0 Å². The van der Waals surface area contributed by atoms with Crippen molar-refractivity contribution in [1.29, 1.82) is 0 Å². The normalized spacial score (nSPS) is 10.5. The zero-order valence-electron chi connectivity index (χ0n) is 9.84. The SMILES string of the molecule is COCCCOCCNc1c(F)cccc1F. The maximum absolute atomic E-state index is 13.2. The van der Waals surface area contributed by atoms with Gasteiger partial charge < -0.3 is 14.8 Å². The summed E-state index contributed by atoms with van der Waals surface area (Å²) in [6.07, 6.45) is 0.810. The van der Waals surface area contributed by atoms with Gasteiger partial charge in [-0.2, -0.15) is 0 Å². The van der Waals surface area contributed by atoms with Crippen molar-refractivity contribution in [2.24, 2.45) is 0 Å². The summed E-state index contributed by atoms with van der Waals surface area (Å²) in [5, 5.41) is 2.67. The molecule has 1 N–H and O–H groups in total. The Morgan fingerprint density at radius 3 is 2.47 bits per heavy atom. The topological polar surface area (TPSA) is 30.5 Å². The summed E-state index contributed by atoms with van der Waals surface area (Å²) < 4.78 is 36.4. The van der Waals surface area contributed by atoms with Crippen molar-refractivity contribution in [2.45, 2.75) is 6.42 Å². The van der Waals surface area contributed by atoms with Gasteiger partial charge in [0.2, 0.25) is 0 Å². The highest BCUT2D eigenvalue weighted by atomic mass is 19.1. The number of rotatable bonds is 8. The molecule has 0 bridgehead atoms. The lowest BCUT2D eigenvalue weighted by molar-refractivity contribution is 0.109. The van der Waals surface area contributed by atoms with Crippen LogP contribution in [0, 0.1) is 11.6 Å². The number of halogens is 2. The lowest BCUT2D eigenvalue weighted by Gasteiger charge is -2.09. The van der Waals surface area contributed by atoms with Crippen molar-refractivity contribution in [3.63, 3.8) is 0 Å². The first kappa shape index (κ1) is 13.9. The summed E-state index contributed by atoms with van der Waals surface area (Å²) in [7, 11) is 1.63. The maximum atomic E-state index is 13.2. The molecule has 1 rings (SSSR count). The summed E-state index contributed by atoms with van der Waals surface area (Å²) >= 11 is 0. The van der Waals surface area contributed by atoms with Crippen LogP contribution in [0.5, 0.6) is 0 Å². The van der Waals surface area contributed by atoms with Crippen LogP contribution >= 0.6 is 0 Å². The third kappa shape index (κ3) is 5.10. The zero-order valence-corrected chi connectivity index (χ0v) is 9.84. The maximum Gasteiger partial charge on any atom is 0.149 e. The van der Waals surface area contributed by atoms with Crippen LogP contribution < -0.4 is 5.32 Å². The lowest BCUT2D eigenvalue weighted by atomic mass is 10.3. The molecule has 17 heavy (non-hydrogen) atoms. The predicted octanol–water partition coefficient (Wildman–Crippen LogP) is 2.43. The van der Waals surface area contributed by atoms with Crippen LogP contribution in [-0.4, -0.2) is 33.5 Å². The molecule has 0 fully saturated rings. The third-order valence-electron chi connectivity index (χ3n) is 2.15. The second kappa shape index (κ2) is 7.97. The molecule has 5 heteroatoms. The summed E-state index contributed by atoms with van der Waals surface area (Å²) in [5.74, 6) is -1.19. The zero-order chi connectivity index (χ0) is 12.5. The smallest absolute Gasteiger partial charge is 0.149 e. The van der Waals surface area contributed by atoms with Crippen molar-refractivity contribution >= 4 is 5.69 Å². The number of benzene rings is 1. The molecule has 0 atom stereocenters. The first-order valence-electron chi connectivity index (χ1n) is 5.50. The molecule has 0 aromatic heterocycles. The monoisotopic (exact) mass is 245 g/mol. The highest BCUT2D eigenvalue weighted by Gasteiger charge is 2.06. The number of hydrogen-bond acceptors (Lipinski definition) is 3. The van der Waals surface area contributed by atoms with Gasteiger partial charge in [-0.15, -0.1) is 0 Å². The number of ether oxygens (including phenoxy) is 2. The molecule has 0 saturated carbocycles. The molecule has 1 aromatic rings. The Hall–Kier alpha value is -1.20. The molecular weight excluding hydrogens is 228 g/mol. The van der Waals surface area contributed by atoms with E-state index in [1.807, 2.05) is 0 Å². The van der Waals surface area contributed by atoms with Gasteiger partial charge in [0.25, 0.3) is 0 Å². The summed E-state index contributed by atoms with van der Waals surface area (Å²) in [6.45, 7) is 1.99. The second-order valence-corrected chi connectivity index (χ2v) is 3.48. The molecule has 0 amide bonds. The highest BCUT2D eigenvalue weighted by Crippen LogP contribution is 2.17. The lowest BCUT2D eigenvalue weighted by Crippen LogP contribution is -2.12. The van der Waals surface area contributed by atoms with Crippen LogP contribution in [-0.2, 0) is 9.47 Å². The van der Waals surface area contributed by atoms with Crippen LogP contribution in [0.1, 0.15) is 6.42 Å². The van der Waals surface area contributed by atoms with E-state index in [4.69, 9.17) is 9.47 Å². The second-order valence-electron chi connectivity index (χ2n) is 3.48. The van der Waals surface area contributed by atoms with E-state index in [-0.39, 0.29) is 5.69 Å². The predicted molar refractivity (Wildman–Crippen MR) is 62.2 cm³/mol. The van der Waals surface area contributed by atoms with E-state index >= 15 is 0 Å². The third-order valence-corrected chi connectivity index (χ3v) is 2.15. The minimum Gasteiger partial charge on any atom is -0.385 e. The molecule has 3 nitrogen and oxygen atoms in total. The van der Waals surface area contributed by atoms with Gasteiger partial charge in [-0.1, -0.05) is 6.07 Å². The Bertz CT molecular complexity index is 314. The molecule has 0 saturated heterocycles. The van der Waals surface area contributed by atoms with Gasteiger partial charge in [-0.25, -0.2) is 8.78 Å². The standard InChI is InChI=1S/C12H17F2NO2/c1-16-7-3-8-17-9-6-15-12-10(13)4-2-5-11(12)14/h2,4-5,15H,3,6-9H2,1H3. The molecule has 1 aromatic carbocycles. The van der Waals surface area contributed by atoms with Crippen LogP contribution in [0.2, 0.25) is 0 Å². The van der Waals surface area contributed by atoms with Gasteiger partial charge in [-0.05, 0) is 18.6 Å². The van der Waals surface area contributed by atoms with Crippen molar-refractivity contribution in [2.75, 3.05) is 38.8 Å².